The summed E-state index contributed by atoms with van der Waals surface area (Å²) >= 11 is 0. The molecule has 0 saturated carbocycles. The van der Waals surface area contributed by atoms with Crippen LogP contribution in [0.5, 0.6) is 0 Å². The summed E-state index contributed by atoms with van der Waals surface area (Å²) < 4.78 is 0. The van der Waals surface area contributed by atoms with Gasteiger partial charge in [-0.1, -0.05) is 6.07 Å². The van der Waals surface area contributed by atoms with Crippen LogP contribution in [0.4, 0.5) is 10.6 Å². The lowest BCUT2D eigenvalue weighted by Crippen LogP contribution is -2.53. The minimum atomic E-state index is -0.533. The van der Waals surface area contributed by atoms with Crippen molar-refractivity contribution in [2.24, 2.45) is 0 Å². The standard InChI is InChI=1S/C18H29N5O2/c1-13-7-5-6-10-23(13)17(24)14(2)21-18(25)20-12-15-8-9-16(19-11-15)22(3)4/h8-9,11,13-14H,5-7,10,12H2,1-4H3,(H2,20,21,25)/t13-,14-/m0/s1. The third-order valence-corrected chi connectivity index (χ3v) is 4.52. The van der Waals surface area contributed by atoms with Crippen LogP contribution in [0, 0.1) is 0 Å². The molecular weight excluding hydrogens is 318 g/mol. The first-order valence-corrected chi connectivity index (χ1v) is 8.85. The number of hydrogen-bond acceptors (Lipinski definition) is 4. The highest BCUT2D eigenvalue weighted by Gasteiger charge is 2.27. The summed E-state index contributed by atoms with van der Waals surface area (Å²) in [5, 5.41) is 5.50. The van der Waals surface area contributed by atoms with Crippen LogP contribution < -0.4 is 15.5 Å². The van der Waals surface area contributed by atoms with E-state index in [1.807, 2.05) is 36.0 Å². The zero-order valence-corrected chi connectivity index (χ0v) is 15.6. The Morgan fingerprint density at radius 3 is 2.72 bits per heavy atom. The van der Waals surface area contributed by atoms with Crippen LogP contribution in [0.2, 0.25) is 0 Å². The van der Waals surface area contributed by atoms with Gasteiger partial charge >= 0.3 is 6.03 Å². The Balaban J connectivity index is 1.79. The Bertz CT molecular complexity index is 588. The van der Waals surface area contributed by atoms with E-state index in [-0.39, 0.29) is 18.0 Å². The number of likely N-dealkylation sites (tertiary alicyclic amines) is 1. The SMILES string of the molecule is C[C@H](NC(=O)NCc1ccc(N(C)C)nc1)C(=O)N1CCCC[C@@H]1C. The molecule has 1 aliphatic rings. The van der Waals surface area contributed by atoms with Gasteiger partial charge in [0.2, 0.25) is 5.91 Å². The molecule has 3 amide bonds. The molecule has 1 saturated heterocycles. The summed E-state index contributed by atoms with van der Waals surface area (Å²) in [5.41, 5.74) is 0.907. The first-order chi connectivity index (χ1) is 11.9. The number of pyridine rings is 1. The Morgan fingerprint density at radius 1 is 1.36 bits per heavy atom. The number of urea groups is 1. The number of piperidine rings is 1. The molecule has 7 heteroatoms. The number of nitrogens with zero attached hydrogens (tertiary/aromatic N) is 3. The number of carbonyl (C=O) groups excluding carboxylic acids is 2. The monoisotopic (exact) mass is 347 g/mol. The van der Waals surface area contributed by atoms with Crippen molar-refractivity contribution in [3.05, 3.63) is 23.9 Å². The summed E-state index contributed by atoms with van der Waals surface area (Å²) in [7, 11) is 3.85. The summed E-state index contributed by atoms with van der Waals surface area (Å²) in [4.78, 5) is 32.6. The van der Waals surface area contributed by atoms with Crippen molar-refractivity contribution in [1.29, 1.82) is 0 Å². The molecule has 2 rings (SSSR count). The number of anilines is 1. The summed E-state index contributed by atoms with van der Waals surface area (Å²) in [5.74, 6) is 0.849. The average Bonchev–Trinajstić information content (AvgIpc) is 2.60. The molecule has 0 aromatic carbocycles. The Kier molecular flexibility index (Phi) is 6.61. The fourth-order valence-electron chi connectivity index (χ4n) is 2.95. The van der Waals surface area contributed by atoms with Crippen molar-refractivity contribution < 1.29 is 9.59 Å². The smallest absolute Gasteiger partial charge is 0.315 e. The van der Waals surface area contributed by atoms with Crippen molar-refractivity contribution >= 4 is 17.8 Å². The second-order valence-electron chi connectivity index (χ2n) is 6.84. The van der Waals surface area contributed by atoms with Gasteiger partial charge in [-0.3, -0.25) is 4.79 Å². The van der Waals surface area contributed by atoms with Gasteiger partial charge < -0.3 is 20.4 Å². The molecule has 1 aliphatic heterocycles. The lowest BCUT2D eigenvalue weighted by molar-refractivity contribution is -0.136. The minimum absolute atomic E-state index is 0.0145. The Morgan fingerprint density at radius 2 is 2.12 bits per heavy atom. The third-order valence-electron chi connectivity index (χ3n) is 4.52. The van der Waals surface area contributed by atoms with Crippen LogP contribution in [-0.2, 0) is 11.3 Å². The van der Waals surface area contributed by atoms with Crippen LogP contribution in [-0.4, -0.2) is 54.5 Å². The van der Waals surface area contributed by atoms with Gasteiger partial charge in [-0.2, -0.15) is 0 Å². The second kappa shape index (κ2) is 8.69. The average molecular weight is 347 g/mol. The van der Waals surface area contributed by atoms with Gasteiger partial charge in [0.15, 0.2) is 0 Å². The minimum Gasteiger partial charge on any atom is -0.363 e. The molecule has 1 fully saturated rings. The van der Waals surface area contributed by atoms with Gasteiger partial charge in [0.25, 0.3) is 0 Å². The van der Waals surface area contributed by atoms with Crippen molar-refractivity contribution in [1.82, 2.24) is 20.5 Å². The number of hydrogen-bond donors (Lipinski definition) is 2. The van der Waals surface area contributed by atoms with Gasteiger partial charge in [-0.05, 0) is 44.7 Å². The highest BCUT2D eigenvalue weighted by atomic mass is 16.2. The van der Waals surface area contributed by atoms with E-state index >= 15 is 0 Å². The van der Waals surface area contributed by atoms with Crippen LogP contribution in [0.1, 0.15) is 38.7 Å². The zero-order valence-electron chi connectivity index (χ0n) is 15.6. The first-order valence-electron chi connectivity index (χ1n) is 8.85. The fourth-order valence-corrected chi connectivity index (χ4v) is 2.95. The molecule has 1 aromatic heterocycles. The van der Waals surface area contributed by atoms with Crippen LogP contribution in [0.25, 0.3) is 0 Å². The predicted molar refractivity (Wildman–Crippen MR) is 98.4 cm³/mol. The van der Waals surface area contributed by atoms with Gasteiger partial charge in [-0.25, -0.2) is 9.78 Å². The zero-order chi connectivity index (χ0) is 18.4. The number of aromatic nitrogens is 1. The summed E-state index contributed by atoms with van der Waals surface area (Å²) in [6, 6.07) is 3.19. The Hall–Kier alpha value is -2.31. The predicted octanol–water partition coefficient (Wildman–Crippen LogP) is 1.74. The quantitative estimate of drug-likeness (QED) is 0.850. The van der Waals surface area contributed by atoms with Gasteiger partial charge in [-0.15, -0.1) is 0 Å². The van der Waals surface area contributed by atoms with Crippen molar-refractivity contribution in [2.75, 3.05) is 25.5 Å². The van der Waals surface area contributed by atoms with Crippen LogP contribution >= 0.6 is 0 Å². The van der Waals surface area contributed by atoms with E-state index in [1.54, 1.807) is 13.1 Å². The van der Waals surface area contributed by atoms with Crippen molar-refractivity contribution in [2.45, 2.75) is 51.7 Å². The number of rotatable bonds is 5. The van der Waals surface area contributed by atoms with E-state index in [1.165, 1.54) is 0 Å². The molecule has 138 valence electrons. The van der Waals surface area contributed by atoms with Crippen molar-refractivity contribution in [3.8, 4) is 0 Å². The summed E-state index contributed by atoms with van der Waals surface area (Å²) in [6.07, 6.45) is 4.96. The largest absolute Gasteiger partial charge is 0.363 e. The van der Waals surface area contributed by atoms with E-state index in [2.05, 4.69) is 22.5 Å². The van der Waals surface area contributed by atoms with Gasteiger partial charge in [0, 0.05) is 39.4 Å². The molecule has 7 nitrogen and oxygen atoms in total. The molecule has 2 atom stereocenters. The lowest BCUT2D eigenvalue weighted by atomic mass is 10.0. The molecule has 25 heavy (non-hydrogen) atoms. The molecule has 0 unspecified atom stereocenters. The number of nitrogens with one attached hydrogen (secondary N) is 2. The van der Waals surface area contributed by atoms with E-state index in [0.717, 1.165) is 37.2 Å². The molecule has 0 aliphatic carbocycles. The number of amides is 3. The number of carbonyl (C=O) groups is 2. The maximum atomic E-state index is 12.5. The first kappa shape index (κ1) is 19.0. The van der Waals surface area contributed by atoms with E-state index < -0.39 is 6.04 Å². The van der Waals surface area contributed by atoms with Crippen LogP contribution in [0.3, 0.4) is 0 Å². The fraction of sp³-hybridized carbons (Fsp3) is 0.611. The lowest BCUT2D eigenvalue weighted by Gasteiger charge is -2.35. The van der Waals surface area contributed by atoms with E-state index in [9.17, 15) is 9.59 Å². The molecule has 2 heterocycles. The Labute approximate surface area is 149 Å². The second-order valence-corrected chi connectivity index (χ2v) is 6.84. The van der Waals surface area contributed by atoms with Gasteiger partial charge in [0.1, 0.15) is 11.9 Å². The third kappa shape index (κ3) is 5.34. The van der Waals surface area contributed by atoms with E-state index in [4.69, 9.17) is 0 Å². The maximum Gasteiger partial charge on any atom is 0.315 e. The van der Waals surface area contributed by atoms with Gasteiger partial charge in [0.05, 0.1) is 0 Å². The van der Waals surface area contributed by atoms with E-state index in [0.29, 0.717) is 6.54 Å². The molecule has 1 aromatic rings. The highest BCUT2D eigenvalue weighted by molar-refractivity contribution is 5.87. The van der Waals surface area contributed by atoms with Crippen LogP contribution in [0.15, 0.2) is 18.3 Å². The topological polar surface area (TPSA) is 77.6 Å². The molecule has 0 bridgehead atoms. The molecular formula is C18H29N5O2. The molecule has 0 radical (unpaired) electrons. The maximum absolute atomic E-state index is 12.5. The highest BCUT2D eigenvalue weighted by Crippen LogP contribution is 2.17. The van der Waals surface area contributed by atoms with Crippen molar-refractivity contribution in [3.63, 3.8) is 0 Å². The molecule has 2 N–H and O–H groups in total. The molecule has 0 spiro atoms. The normalized spacial score (nSPS) is 18.4. The summed E-state index contributed by atoms with van der Waals surface area (Å²) in [6.45, 7) is 4.94.